The van der Waals surface area contributed by atoms with Crippen molar-refractivity contribution >= 4 is 27.3 Å². The molecule has 0 radical (unpaired) electrons. The summed E-state index contributed by atoms with van der Waals surface area (Å²) in [7, 11) is -3.72. The lowest BCUT2D eigenvalue weighted by molar-refractivity contribution is -0.131. The minimum Gasteiger partial charge on any atom is -0.360 e. The number of carbonyl (C=O) groups excluding carboxylic acids is 1. The largest absolute Gasteiger partial charge is 0.360 e. The van der Waals surface area contributed by atoms with Gasteiger partial charge in [-0.2, -0.15) is 0 Å². The minimum absolute atomic E-state index is 0.0776. The molecule has 5 rings (SSSR count). The van der Waals surface area contributed by atoms with Gasteiger partial charge in [0.1, 0.15) is 0 Å². The summed E-state index contributed by atoms with van der Waals surface area (Å²) >= 11 is 0. The van der Waals surface area contributed by atoms with Crippen molar-refractivity contribution in [3.8, 4) is 11.1 Å². The van der Waals surface area contributed by atoms with Crippen molar-refractivity contribution in [3.05, 3.63) is 115 Å². The molecule has 4 aromatic rings. The van der Waals surface area contributed by atoms with Crippen LogP contribution in [0, 0.1) is 0 Å². The van der Waals surface area contributed by atoms with E-state index in [1.807, 2.05) is 82.6 Å². The number of hydrogen-bond donors (Lipinski definition) is 1. The highest BCUT2D eigenvalue weighted by molar-refractivity contribution is 7.92. The first-order valence-corrected chi connectivity index (χ1v) is 13.3. The van der Waals surface area contributed by atoms with Crippen molar-refractivity contribution in [1.82, 2.24) is 4.90 Å². The van der Waals surface area contributed by atoms with Crippen LogP contribution in [0.3, 0.4) is 0 Å². The number of nitrogens with zero attached hydrogens (tertiary/aromatic N) is 2. The summed E-state index contributed by atoms with van der Waals surface area (Å²) in [5.41, 5.74) is 4.46. The van der Waals surface area contributed by atoms with Crippen LogP contribution in [0.15, 0.2) is 114 Å². The molecule has 182 valence electrons. The van der Waals surface area contributed by atoms with Crippen molar-refractivity contribution in [1.29, 1.82) is 0 Å². The first-order valence-electron chi connectivity index (χ1n) is 11.8. The number of rotatable bonds is 7. The standard InChI is InChI=1S/C29H27N3O3S/c33-29-22-31(19-20-32(29)21-23-7-3-1-4-8-23)27-15-13-26(14-16-27)30-36(34,35)28-17-11-25(12-18-28)24-9-5-2-6-10-24/h1-18,30H,19-22H2. The Kier molecular flexibility index (Phi) is 6.73. The van der Waals surface area contributed by atoms with Gasteiger partial charge in [-0.15, -0.1) is 0 Å². The minimum atomic E-state index is -3.72. The van der Waals surface area contributed by atoms with Gasteiger partial charge in [0.25, 0.3) is 10.0 Å². The Labute approximate surface area is 211 Å². The van der Waals surface area contributed by atoms with E-state index in [4.69, 9.17) is 0 Å². The Bertz CT molecular complexity index is 1420. The summed E-state index contributed by atoms with van der Waals surface area (Å²) in [6.45, 7) is 2.27. The van der Waals surface area contributed by atoms with Gasteiger partial charge in [-0.25, -0.2) is 8.42 Å². The van der Waals surface area contributed by atoms with Crippen LogP contribution >= 0.6 is 0 Å². The van der Waals surface area contributed by atoms with E-state index >= 15 is 0 Å². The maximum atomic E-state index is 12.9. The van der Waals surface area contributed by atoms with Gasteiger partial charge in [0.2, 0.25) is 5.91 Å². The Hall–Kier alpha value is -4.10. The number of nitrogens with one attached hydrogen (secondary N) is 1. The van der Waals surface area contributed by atoms with Crippen molar-refractivity contribution < 1.29 is 13.2 Å². The van der Waals surface area contributed by atoms with Crippen LogP contribution in [0.5, 0.6) is 0 Å². The molecule has 1 heterocycles. The van der Waals surface area contributed by atoms with E-state index in [-0.39, 0.29) is 10.8 Å². The maximum Gasteiger partial charge on any atom is 0.261 e. The van der Waals surface area contributed by atoms with E-state index in [2.05, 4.69) is 4.72 Å². The lowest BCUT2D eigenvalue weighted by Gasteiger charge is -2.35. The monoisotopic (exact) mass is 497 g/mol. The lowest BCUT2D eigenvalue weighted by atomic mass is 10.1. The van der Waals surface area contributed by atoms with E-state index in [9.17, 15) is 13.2 Å². The third kappa shape index (κ3) is 5.42. The predicted molar refractivity (Wildman–Crippen MR) is 143 cm³/mol. The highest BCUT2D eigenvalue weighted by atomic mass is 32.2. The number of anilines is 2. The summed E-state index contributed by atoms with van der Waals surface area (Å²) in [6.07, 6.45) is 0. The Morgan fingerprint density at radius 3 is 1.94 bits per heavy atom. The molecule has 6 nitrogen and oxygen atoms in total. The molecule has 7 heteroatoms. The molecule has 1 amide bonds. The second kappa shape index (κ2) is 10.3. The molecule has 0 aromatic heterocycles. The van der Waals surface area contributed by atoms with Crippen molar-refractivity contribution in [2.75, 3.05) is 29.3 Å². The third-order valence-electron chi connectivity index (χ3n) is 6.29. The smallest absolute Gasteiger partial charge is 0.261 e. The van der Waals surface area contributed by atoms with Crippen LogP contribution in [0.4, 0.5) is 11.4 Å². The highest BCUT2D eigenvalue weighted by Crippen LogP contribution is 2.24. The van der Waals surface area contributed by atoms with Gasteiger partial charge in [-0.05, 0) is 53.1 Å². The topological polar surface area (TPSA) is 69.7 Å². The second-order valence-electron chi connectivity index (χ2n) is 8.77. The van der Waals surface area contributed by atoms with Gasteiger partial charge < -0.3 is 9.80 Å². The summed E-state index contributed by atoms with van der Waals surface area (Å²) < 4.78 is 28.4. The number of amides is 1. The van der Waals surface area contributed by atoms with Crippen LogP contribution < -0.4 is 9.62 Å². The number of hydrogen-bond acceptors (Lipinski definition) is 4. The van der Waals surface area contributed by atoms with E-state index < -0.39 is 10.0 Å². The van der Waals surface area contributed by atoms with Crippen molar-refractivity contribution in [3.63, 3.8) is 0 Å². The Morgan fingerprint density at radius 1 is 0.694 bits per heavy atom. The molecule has 4 aromatic carbocycles. The molecule has 0 bridgehead atoms. The number of carbonyl (C=O) groups is 1. The van der Waals surface area contributed by atoms with Crippen LogP contribution in [0.25, 0.3) is 11.1 Å². The molecule has 1 aliphatic rings. The lowest BCUT2D eigenvalue weighted by Crippen LogP contribution is -2.50. The Balaban J connectivity index is 1.21. The molecule has 0 atom stereocenters. The molecule has 0 unspecified atom stereocenters. The average molecular weight is 498 g/mol. The molecular formula is C29H27N3O3S. The first kappa shape index (κ1) is 23.6. The predicted octanol–water partition coefficient (Wildman–Crippen LogP) is 5.00. The van der Waals surface area contributed by atoms with Gasteiger partial charge in [-0.3, -0.25) is 9.52 Å². The van der Waals surface area contributed by atoms with Crippen LogP contribution in [-0.2, 0) is 21.4 Å². The molecule has 1 N–H and O–H groups in total. The van der Waals surface area contributed by atoms with E-state index in [0.29, 0.717) is 25.3 Å². The van der Waals surface area contributed by atoms with Gasteiger partial charge in [0.15, 0.2) is 0 Å². The zero-order valence-corrected chi connectivity index (χ0v) is 20.6. The fourth-order valence-electron chi connectivity index (χ4n) is 4.31. The zero-order chi connectivity index (χ0) is 25.0. The number of sulfonamides is 1. The summed E-state index contributed by atoms with van der Waals surface area (Å²) in [5.74, 6) is 0.0776. The van der Waals surface area contributed by atoms with Gasteiger partial charge in [0.05, 0.1) is 11.4 Å². The number of piperazine rings is 1. The fraction of sp³-hybridized carbons (Fsp3) is 0.138. The summed E-state index contributed by atoms with van der Waals surface area (Å²) in [6, 6.07) is 33.8. The van der Waals surface area contributed by atoms with E-state index in [1.54, 1.807) is 36.4 Å². The fourth-order valence-corrected chi connectivity index (χ4v) is 5.37. The van der Waals surface area contributed by atoms with Crippen LogP contribution in [-0.4, -0.2) is 38.9 Å². The molecule has 1 saturated heterocycles. The molecule has 0 saturated carbocycles. The van der Waals surface area contributed by atoms with E-state index in [0.717, 1.165) is 28.9 Å². The highest BCUT2D eigenvalue weighted by Gasteiger charge is 2.24. The summed E-state index contributed by atoms with van der Waals surface area (Å²) in [4.78, 5) is 16.8. The van der Waals surface area contributed by atoms with Gasteiger partial charge in [0, 0.05) is 31.0 Å². The van der Waals surface area contributed by atoms with E-state index in [1.165, 1.54) is 0 Å². The molecule has 36 heavy (non-hydrogen) atoms. The quantitative estimate of drug-likeness (QED) is 0.390. The van der Waals surface area contributed by atoms with Crippen molar-refractivity contribution in [2.24, 2.45) is 0 Å². The average Bonchev–Trinajstić information content (AvgIpc) is 2.91. The maximum absolute atomic E-state index is 12.9. The SMILES string of the molecule is O=C1CN(c2ccc(NS(=O)(=O)c3ccc(-c4ccccc4)cc3)cc2)CCN1Cc1ccccc1. The van der Waals surface area contributed by atoms with Gasteiger partial charge >= 0.3 is 0 Å². The number of benzene rings is 4. The first-order chi connectivity index (χ1) is 17.5. The zero-order valence-electron chi connectivity index (χ0n) is 19.7. The Morgan fingerprint density at radius 2 is 1.31 bits per heavy atom. The molecule has 1 fully saturated rings. The normalized spacial score (nSPS) is 14.1. The molecule has 0 aliphatic carbocycles. The molecule has 1 aliphatic heterocycles. The third-order valence-corrected chi connectivity index (χ3v) is 7.69. The molecule has 0 spiro atoms. The van der Waals surface area contributed by atoms with Gasteiger partial charge in [-0.1, -0.05) is 72.8 Å². The van der Waals surface area contributed by atoms with Crippen molar-refractivity contribution in [2.45, 2.75) is 11.4 Å². The van der Waals surface area contributed by atoms with Crippen LogP contribution in [0.2, 0.25) is 0 Å². The van der Waals surface area contributed by atoms with Crippen LogP contribution in [0.1, 0.15) is 5.56 Å². The molecular weight excluding hydrogens is 470 g/mol. The second-order valence-corrected chi connectivity index (χ2v) is 10.4. The summed E-state index contributed by atoms with van der Waals surface area (Å²) in [5, 5.41) is 0.